The van der Waals surface area contributed by atoms with Crippen LogP contribution in [-0.2, 0) is 15.6 Å². The van der Waals surface area contributed by atoms with E-state index in [0.29, 0.717) is 66.3 Å². The highest BCUT2D eigenvalue weighted by Crippen LogP contribution is 2.38. The van der Waals surface area contributed by atoms with Crippen LogP contribution in [-0.4, -0.2) is 86.9 Å². The lowest BCUT2D eigenvalue weighted by atomic mass is 10.0. The van der Waals surface area contributed by atoms with Crippen molar-refractivity contribution in [2.45, 2.75) is 111 Å². The quantitative estimate of drug-likeness (QED) is 0.116. The van der Waals surface area contributed by atoms with E-state index in [9.17, 15) is 9.59 Å². The molecule has 6 rings (SSSR count). The molecule has 0 bridgehead atoms. The van der Waals surface area contributed by atoms with Crippen LogP contribution < -0.4 is 10.6 Å². The van der Waals surface area contributed by atoms with Gasteiger partial charge in [-0.1, -0.05) is 52.8 Å². The molecule has 1 aromatic carbocycles. The predicted octanol–water partition coefficient (Wildman–Crippen LogP) is 8.38. The van der Waals surface area contributed by atoms with Crippen LogP contribution in [0.15, 0.2) is 47.5 Å². The summed E-state index contributed by atoms with van der Waals surface area (Å²) < 4.78 is 30.3. The first kappa shape index (κ1) is 40.0. The third-order valence-corrected chi connectivity index (χ3v) is 15.3. The van der Waals surface area contributed by atoms with Crippen molar-refractivity contribution in [2.75, 3.05) is 31.1 Å². The van der Waals surface area contributed by atoms with Gasteiger partial charge in [-0.3, -0.25) is 10.1 Å². The zero-order valence-corrected chi connectivity index (χ0v) is 35.1. The van der Waals surface area contributed by atoms with Gasteiger partial charge < -0.3 is 19.0 Å². The van der Waals surface area contributed by atoms with Crippen molar-refractivity contribution >= 4 is 42.2 Å². The molecule has 1 N–H and O–H groups in total. The molecule has 1 atom stereocenters. The highest BCUT2D eigenvalue weighted by molar-refractivity contribution is 6.74. The monoisotopic (exact) mass is 770 g/mol. The number of pyridine rings is 2. The summed E-state index contributed by atoms with van der Waals surface area (Å²) in [4.78, 5) is 45.8. The highest BCUT2D eigenvalue weighted by Gasteiger charge is 2.37. The van der Waals surface area contributed by atoms with E-state index in [1.165, 1.54) is 10.6 Å². The van der Waals surface area contributed by atoms with Gasteiger partial charge in [-0.25, -0.2) is 23.5 Å². The molecular weight excluding hydrogens is 716 g/mol. The number of aryl methyl sites for hydroxylation is 1. The van der Waals surface area contributed by atoms with Gasteiger partial charge in [0.15, 0.2) is 14.0 Å². The molecule has 5 heterocycles. The third-order valence-electron chi connectivity index (χ3n) is 10.8. The Labute approximate surface area is 323 Å². The number of fused-ring (bicyclic) bond motifs is 2. The van der Waals surface area contributed by atoms with E-state index in [1.54, 1.807) is 23.4 Å². The molecule has 55 heavy (non-hydrogen) atoms. The SMILES string of the molecule is CC(C)c1nccc(CCCO[Si](C)(C)C(C)(C)C)c1-n1c(=O)nc(N2CCN(C(=O)OC(C)(C)C)CC2C)c2cc(F)c(-c3cccc4cn[nH]c34)nc21. The van der Waals surface area contributed by atoms with Crippen LogP contribution in [0.5, 0.6) is 0 Å². The third kappa shape index (κ3) is 8.16. The fourth-order valence-corrected chi connectivity index (χ4v) is 7.93. The lowest BCUT2D eigenvalue weighted by molar-refractivity contribution is 0.0218. The minimum absolute atomic E-state index is 0.0559. The van der Waals surface area contributed by atoms with E-state index < -0.39 is 31.5 Å². The zero-order chi connectivity index (χ0) is 40.0. The Morgan fingerprint density at radius 2 is 1.84 bits per heavy atom. The van der Waals surface area contributed by atoms with Crippen LogP contribution in [0.1, 0.15) is 85.9 Å². The van der Waals surface area contributed by atoms with E-state index in [2.05, 4.69) is 44.1 Å². The molecule has 14 heteroatoms. The Morgan fingerprint density at radius 3 is 2.51 bits per heavy atom. The summed E-state index contributed by atoms with van der Waals surface area (Å²) in [6, 6.07) is 8.61. The molecule has 294 valence electrons. The van der Waals surface area contributed by atoms with E-state index in [-0.39, 0.29) is 28.3 Å². The van der Waals surface area contributed by atoms with E-state index in [1.807, 2.05) is 64.6 Å². The number of carbonyl (C=O) groups excluding carboxylic acids is 1. The first-order valence-corrected chi connectivity index (χ1v) is 22.1. The van der Waals surface area contributed by atoms with Gasteiger partial charge >= 0.3 is 11.8 Å². The summed E-state index contributed by atoms with van der Waals surface area (Å²) in [5.41, 5.74) is 2.52. The maximum Gasteiger partial charge on any atom is 0.410 e. The van der Waals surface area contributed by atoms with Crippen molar-refractivity contribution in [3.05, 3.63) is 70.3 Å². The van der Waals surface area contributed by atoms with Crippen molar-refractivity contribution < 1.29 is 18.3 Å². The van der Waals surface area contributed by atoms with Gasteiger partial charge in [0.05, 0.1) is 28.5 Å². The van der Waals surface area contributed by atoms with E-state index >= 15 is 4.39 Å². The van der Waals surface area contributed by atoms with Crippen LogP contribution in [0.25, 0.3) is 38.9 Å². The minimum atomic E-state index is -1.97. The molecule has 4 aromatic heterocycles. The van der Waals surface area contributed by atoms with Gasteiger partial charge in [-0.05, 0) is 82.3 Å². The Kier molecular flexibility index (Phi) is 11.0. The summed E-state index contributed by atoms with van der Waals surface area (Å²) in [5, 5.41) is 8.44. The topological polar surface area (TPSA) is 131 Å². The van der Waals surface area contributed by atoms with Crippen molar-refractivity contribution in [3.8, 4) is 16.9 Å². The van der Waals surface area contributed by atoms with Gasteiger partial charge in [0.2, 0.25) is 0 Å². The summed E-state index contributed by atoms with van der Waals surface area (Å²) in [7, 11) is -1.97. The Hall–Kier alpha value is -4.69. The maximum atomic E-state index is 16.6. The number of carbonyl (C=O) groups is 1. The molecule has 0 saturated carbocycles. The number of para-hydroxylation sites is 1. The maximum absolute atomic E-state index is 16.6. The number of halogens is 1. The van der Waals surface area contributed by atoms with E-state index in [0.717, 1.165) is 17.4 Å². The lowest BCUT2D eigenvalue weighted by Crippen LogP contribution is -2.55. The second-order valence-corrected chi connectivity index (χ2v) is 22.2. The van der Waals surface area contributed by atoms with Gasteiger partial charge in [0.25, 0.3) is 0 Å². The Bertz CT molecular complexity index is 2270. The molecule has 0 aliphatic carbocycles. The van der Waals surface area contributed by atoms with Crippen LogP contribution >= 0.6 is 0 Å². The number of H-pyrrole nitrogens is 1. The number of hydrogen-bond acceptors (Lipinski definition) is 9. The molecule has 1 aliphatic rings. The minimum Gasteiger partial charge on any atom is -0.444 e. The fraction of sp³-hybridized carbons (Fsp3) is 0.512. The van der Waals surface area contributed by atoms with Gasteiger partial charge in [0.1, 0.15) is 22.9 Å². The standard InChI is InChI=1S/C41H55FN8O4Si/c1-25(2)32-35(27(17-18-43-32)15-13-21-53-55(10,11)41(7,8)9)50-37-30(22-31(42)34(45-37)29-16-12-14-28-23-44-47-33(28)29)36(46-38(50)51)49-20-19-48(24-26(49)3)39(52)54-40(4,5)6/h12,14,16-18,22-23,25-26H,13,15,19-21,24H2,1-11H3,(H,44,47). The smallest absolute Gasteiger partial charge is 0.410 e. The van der Waals surface area contributed by atoms with Gasteiger partial charge in [-0.2, -0.15) is 10.1 Å². The zero-order valence-electron chi connectivity index (χ0n) is 34.1. The molecule has 0 spiro atoms. The number of nitrogens with zero attached hydrogens (tertiary/aromatic N) is 7. The number of nitrogens with one attached hydrogen (secondary N) is 1. The normalized spacial score (nSPS) is 15.8. The second kappa shape index (κ2) is 15.1. The molecule has 12 nitrogen and oxygen atoms in total. The van der Waals surface area contributed by atoms with E-state index in [4.69, 9.17) is 24.1 Å². The number of hydrogen-bond donors (Lipinski definition) is 1. The molecule has 1 unspecified atom stereocenters. The molecule has 0 radical (unpaired) electrons. The second-order valence-electron chi connectivity index (χ2n) is 17.4. The average Bonchev–Trinajstić information content (AvgIpc) is 3.58. The van der Waals surface area contributed by atoms with Crippen LogP contribution in [0, 0.1) is 5.82 Å². The average molecular weight is 771 g/mol. The molecule has 1 amide bonds. The van der Waals surface area contributed by atoms with Crippen molar-refractivity contribution in [1.29, 1.82) is 0 Å². The summed E-state index contributed by atoms with van der Waals surface area (Å²) >= 11 is 0. The molecular formula is C41H55FN8O4Si. The number of aromatic nitrogens is 6. The number of benzene rings is 1. The van der Waals surface area contributed by atoms with Crippen molar-refractivity contribution in [3.63, 3.8) is 0 Å². The molecule has 5 aromatic rings. The summed E-state index contributed by atoms with van der Waals surface area (Å²) in [6.07, 6.45) is 4.40. The molecule has 1 fully saturated rings. The summed E-state index contributed by atoms with van der Waals surface area (Å²) in [5.74, 6) is -0.314. The number of rotatable bonds is 9. The van der Waals surface area contributed by atoms with Crippen LogP contribution in [0.2, 0.25) is 18.1 Å². The van der Waals surface area contributed by atoms with Crippen molar-refractivity contribution in [1.82, 2.24) is 34.6 Å². The number of amides is 1. The largest absolute Gasteiger partial charge is 0.444 e. The molecule has 1 saturated heterocycles. The first-order chi connectivity index (χ1) is 25.8. The van der Waals surface area contributed by atoms with Crippen LogP contribution in [0.4, 0.5) is 15.0 Å². The number of anilines is 1. The highest BCUT2D eigenvalue weighted by atomic mass is 28.4. The van der Waals surface area contributed by atoms with Gasteiger partial charge in [-0.15, -0.1) is 0 Å². The van der Waals surface area contributed by atoms with Gasteiger partial charge in [0, 0.05) is 49.4 Å². The Morgan fingerprint density at radius 1 is 1.09 bits per heavy atom. The lowest BCUT2D eigenvalue weighted by Gasteiger charge is -2.41. The number of ether oxygens (including phenoxy) is 1. The van der Waals surface area contributed by atoms with Crippen molar-refractivity contribution in [2.24, 2.45) is 0 Å². The molecule has 1 aliphatic heterocycles. The Balaban J connectivity index is 1.51. The fourth-order valence-electron chi connectivity index (χ4n) is 6.85. The first-order valence-electron chi connectivity index (χ1n) is 19.2. The summed E-state index contributed by atoms with van der Waals surface area (Å²) in [6.45, 7) is 24.3. The number of aromatic amines is 1. The predicted molar refractivity (Wildman–Crippen MR) is 218 cm³/mol. The number of piperazine rings is 1. The van der Waals surface area contributed by atoms with Crippen LogP contribution in [0.3, 0.4) is 0 Å².